The van der Waals surface area contributed by atoms with Crippen LogP contribution in [-0.4, -0.2) is 61.5 Å². The molecule has 1 amide bonds. The van der Waals surface area contributed by atoms with E-state index in [1.54, 1.807) is 0 Å². The van der Waals surface area contributed by atoms with E-state index in [0.717, 1.165) is 38.6 Å². The summed E-state index contributed by atoms with van der Waals surface area (Å²) >= 11 is 0. The highest BCUT2D eigenvalue weighted by atomic mass is 16.2. The molecule has 2 aliphatic rings. The predicted molar refractivity (Wildman–Crippen MR) is 87.4 cm³/mol. The number of nitrogens with one attached hydrogen (secondary N) is 1. The number of carbonyl (C=O) groups is 1. The second kappa shape index (κ2) is 8.74. The van der Waals surface area contributed by atoms with E-state index in [-0.39, 0.29) is 6.04 Å². The smallest absolute Gasteiger partial charge is 0.239 e. The zero-order valence-electron chi connectivity index (χ0n) is 13.9. The molecule has 0 bridgehead atoms. The van der Waals surface area contributed by atoms with Crippen LogP contribution in [0.15, 0.2) is 0 Å². The van der Waals surface area contributed by atoms with Crippen LogP contribution in [0.4, 0.5) is 0 Å². The van der Waals surface area contributed by atoms with Crippen molar-refractivity contribution in [1.29, 1.82) is 0 Å². The van der Waals surface area contributed by atoms with Crippen molar-refractivity contribution < 1.29 is 4.79 Å². The number of likely N-dealkylation sites (tertiary alicyclic amines) is 2. The molecule has 0 saturated carbocycles. The standard InChI is InChI=1S/C17H33N3O/c1-15(17(21)20-11-5-3-4-6-12-20)19-13-8-16(9-14-19)7-10-18-2/h15-16,18H,3-14H2,1-2H3. The quantitative estimate of drug-likeness (QED) is 0.844. The Morgan fingerprint density at radius 3 is 2.29 bits per heavy atom. The summed E-state index contributed by atoms with van der Waals surface area (Å²) in [6.45, 7) is 7.36. The molecule has 1 N–H and O–H groups in total. The Balaban J connectivity index is 1.77. The molecule has 4 heteroatoms. The van der Waals surface area contributed by atoms with Gasteiger partial charge in [-0.1, -0.05) is 12.8 Å². The van der Waals surface area contributed by atoms with Gasteiger partial charge in [-0.05, 0) is 71.6 Å². The Morgan fingerprint density at radius 2 is 1.71 bits per heavy atom. The van der Waals surface area contributed by atoms with Crippen LogP contribution < -0.4 is 5.32 Å². The van der Waals surface area contributed by atoms with Crippen LogP contribution >= 0.6 is 0 Å². The van der Waals surface area contributed by atoms with Crippen molar-refractivity contribution in [2.75, 3.05) is 39.8 Å². The summed E-state index contributed by atoms with van der Waals surface area (Å²) in [5, 5.41) is 3.24. The minimum atomic E-state index is 0.0772. The van der Waals surface area contributed by atoms with Gasteiger partial charge >= 0.3 is 0 Å². The average molecular weight is 295 g/mol. The van der Waals surface area contributed by atoms with E-state index >= 15 is 0 Å². The SMILES string of the molecule is CNCCC1CCN(C(C)C(=O)N2CCCCCC2)CC1. The number of piperidine rings is 1. The molecule has 1 atom stereocenters. The lowest BCUT2D eigenvalue weighted by molar-refractivity contribution is -0.137. The van der Waals surface area contributed by atoms with Gasteiger partial charge in [0.2, 0.25) is 5.91 Å². The van der Waals surface area contributed by atoms with Gasteiger partial charge in [0, 0.05) is 13.1 Å². The molecular formula is C17H33N3O. The fourth-order valence-corrected chi connectivity index (χ4v) is 3.69. The fourth-order valence-electron chi connectivity index (χ4n) is 3.69. The molecule has 2 fully saturated rings. The largest absolute Gasteiger partial charge is 0.341 e. The molecule has 0 aromatic carbocycles. The lowest BCUT2D eigenvalue weighted by Crippen LogP contribution is -2.50. The average Bonchev–Trinajstić information content (AvgIpc) is 2.81. The first-order valence-electron chi connectivity index (χ1n) is 8.90. The van der Waals surface area contributed by atoms with Crippen LogP contribution in [0, 0.1) is 5.92 Å². The Kier molecular flexibility index (Phi) is 6.97. The van der Waals surface area contributed by atoms with E-state index in [4.69, 9.17) is 0 Å². The molecule has 0 radical (unpaired) electrons. The first-order valence-corrected chi connectivity index (χ1v) is 8.90. The van der Waals surface area contributed by atoms with Gasteiger partial charge < -0.3 is 10.2 Å². The second-order valence-electron chi connectivity index (χ2n) is 6.79. The van der Waals surface area contributed by atoms with Gasteiger partial charge in [0.1, 0.15) is 0 Å². The minimum absolute atomic E-state index is 0.0772. The number of amides is 1. The molecule has 2 saturated heterocycles. The maximum atomic E-state index is 12.7. The van der Waals surface area contributed by atoms with E-state index in [1.807, 2.05) is 7.05 Å². The molecule has 2 rings (SSSR count). The van der Waals surface area contributed by atoms with Crippen molar-refractivity contribution in [1.82, 2.24) is 15.1 Å². The van der Waals surface area contributed by atoms with Crippen molar-refractivity contribution in [3.8, 4) is 0 Å². The normalized spacial score (nSPS) is 23.8. The third-order valence-corrected chi connectivity index (χ3v) is 5.27. The highest BCUT2D eigenvalue weighted by Crippen LogP contribution is 2.22. The van der Waals surface area contributed by atoms with Crippen molar-refractivity contribution in [3.63, 3.8) is 0 Å². The number of hydrogen-bond donors (Lipinski definition) is 1. The molecule has 0 aliphatic carbocycles. The van der Waals surface area contributed by atoms with E-state index in [9.17, 15) is 4.79 Å². The maximum absolute atomic E-state index is 12.7. The van der Waals surface area contributed by atoms with Crippen LogP contribution in [0.5, 0.6) is 0 Å². The first kappa shape index (κ1) is 16.8. The molecular weight excluding hydrogens is 262 g/mol. The Hall–Kier alpha value is -0.610. The summed E-state index contributed by atoms with van der Waals surface area (Å²) in [5.41, 5.74) is 0. The number of hydrogen-bond acceptors (Lipinski definition) is 3. The molecule has 2 heterocycles. The third-order valence-electron chi connectivity index (χ3n) is 5.27. The summed E-state index contributed by atoms with van der Waals surface area (Å²) < 4.78 is 0. The molecule has 4 nitrogen and oxygen atoms in total. The molecule has 122 valence electrons. The lowest BCUT2D eigenvalue weighted by atomic mass is 9.92. The summed E-state index contributed by atoms with van der Waals surface area (Å²) in [7, 11) is 2.02. The van der Waals surface area contributed by atoms with Crippen molar-refractivity contribution in [2.24, 2.45) is 5.92 Å². The topological polar surface area (TPSA) is 35.6 Å². The molecule has 21 heavy (non-hydrogen) atoms. The summed E-state index contributed by atoms with van der Waals surface area (Å²) in [4.78, 5) is 17.2. The minimum Gasteiger partial charge on any atom is -0.341 e. The molecule has 2 aliphatic heterocycles. The van der Waals surface area contributed by atoms with E-state index in [1.165, 1.54) is 44.9 Å². The monoisotopic (exact) mass is 295 g/mol. The van der Waals surface area contributed by atoms with Gasteiger partial charge in [0.25, 0.3) is 0 Å². The Bertz CT molecular complexity index is 305. The van der Waals surface area contributed by atoms with Gasteiger partial charge in [0.05, 0.1) is 6.04 Å². The number of nitrogens with zero attached hydrogens (tertiary/aromatic N) is 2. The van der Waals surface area contributed by atoms with Gasteiger partial charge in [-0.2, -0.15) is 0 Å². The Labute approximate surface area is 130 Å². The van der Waals surface area contributed by atoms with Crippen molar-refractivity contribution in [2.45, 2.75) is 57.9 Å². The number of carbonyl (C=O) groups excluding carboxylic acids is 1. The van der Waals surface area contributed by atoms with Crippen molar-refractivity contribution >= 4 is 5.91 Å². The lowest BCUT2D eigenvalue weighted by Gasteiger charge is -2.37. The second-order valence-corrected chi connectivity index (χ2v) is 6.79. The van der Waals surface area contributed by atoms with E-state index < -0.39 is 0 Å². The zero-order valence-corrected chi connectivity index (χ0v) is 13.9. The molecule has 0 aromatic heterocycles. The van der Waals surface area contributed by atoms with Gasteiger partial charge in [-0.25, -0.2) is 0 Å². The highest BCUT2D eigenvalue weighted by Gasteiger charge is 2.29. The number of rotatable bonds is 5. The predicted octanol–water partition coefficient (Wildman–Crippen LogP) is 2.10. The third kappa shape index (κ3) is 4.96. The summed E-state index contributed by atoms with van der Waals surface area (Å²) in [5.74, 6) is 1.21. The van der Waals surface area contributed by atoms with Gasteiger partial charge in [-0.15, -0.1) is 0 Å². The maximum Gasteiger partial charge on any atom is 0.239 e. The molecule has 0 spiro atoms. The van der Waals surface area contributed by atoms with Crippen LogP contribution in [0.1, 0.15) is 51.9 Å². The molecule has 1 unspecified atom stereocenters. The first-order chi connectivity index (χ1) is 10.2. The van der Waals surface area contributed by atoms with E-state index in [0.29, 0.717) is 5.91 Å². The molecule has 0 aromatic rings. The zero-order chi connectivity index (χ0) is 15.1. The van der Waals surface area contributed by atoms with Crippen molar-refractivity contribution in [3.05, 3.63) is 0 Å². The van der Waals surface area contributed by atoms with Crippen LogP contribution in [0.2, 0.25) is 0 Å². The van der Waals surface area contributed by atoms with Crippen LogP contribution in [0.3, 0.4) is 0 Å². The van der Waals surface area contributed by atoms with Crippen LogP contribution in [-0.2, 0) is 4.79 Å². The Morgan fingerprint density at radius 1 is 1.10 bits per heavy atom. The summed E-state index contributed by atoms with van der Waals surface area (Å²) in [6.07, 6.45) is 8.72. The fraction of sp³-hybridized carbons (Fsp3) is 0.941. The van der Waals surface area contributed by atoms with E-state index in [2.05, 4.69) is 22.0 Å². The van der Waals surface area contributed by atoms with Gasteiger partial charge in [0.15, 0.2) is 0 Å². The highest BCUT2D eigenvalue weighted by molar-refractivity contribution is 5.81. The summed E-state index contributed by atoms with van der Waals surface area (Å²) in [6, 6.07) is 0.0772. The van der Waals surface area contributed by atoms with Gasteiger partial charge in [-0.3, -0.25) is 9.69 Å². The van der Waals surface area contributed by atoms with Crippen LogP contribution in [0.25, 0.3) is 0 Å².